The molecular weight excluding hydrogens is 629 g/mol. The molecule has 0 radical (unpaired) electrons. The van der Waals surface area contributed by atoms with Gasteiger partial charge in [-0.1, -0.05) is 95.1 Å². The highest BCUT2D eigenvalue weighted by molar-refractivity contribution is 7.80. The van der Waals surface area contributed by atoms with Crippen LogP contribution in [0.25, 0.3) is 10.4 Å². The molecule has 0 aliphatic heterocycles. The van der Waals surface area contributed by atoms with Gasteiger partial charge in [-0.05, 0) is 89.8 Å². The zero-order chi connectivity index (χ0) is 33.3. The first-order valence-electron chi connectivity index (χ1n) is 14.0. The summed E-state index contributed by atoms with van der Waals surface area (Å²) in [5.74, 6) is 0.704. The lowest BCUT2D eigenvalue weighted by atomic mass is 10.2. The van der Waals surface area contributed by atoms with E-state index in [1.54, 1.807) is 69.2 Å². The summed E-state index contributed by atoms with van der Waals surface area (Å²) in [5, 5.41) is 51.9. The van der Waals surface area contributed by atoms with Crippen molar-refractivity contribution in [2.24, 2.45) is 0 Å². The van der Waals surface area contributed by atoms with Crippen molar-refractivity contribution in [2.75, 3.05) is 6.61 Å². The third-order valence-electron chi connectivity index (χ3n) is 5.55. The minimum atomic E-state index is 0.0281. The Bertz CT molecular complexity index is 1480. The Labute approximate surface area is 277 Å². The predicted octanol–water partition coefficient (Wildman–Crippen LogP) is 8.35. The molecule has 7 nitrogen and oxygen atoms in total. The number of rotatable bonds is 7. The van der Waals surface area contributed by atoms with Crippen LogP contribution >= 0.6 is 32.9 Å². The Morgan fingerprint density at radius 1 is 0.644 bits per heavy atom. The summed E-state index contributed by atoms with van der Waals surface area (Å²) in [5.41, 5.74) is 3.46. The van der Waals surface area contributed by atoms with Crippen LogP contribution in [-0.4, -0.2) is 43.5 Å². The number of carbonyl (C=O) groups is 1. The van der Waals surface area contributed by atoms with Gasteiger partial charge in [0.15, 0.2) is 0 Å². The number of hydrogen-bond donors (Lipinski definition) is 6. The van der Waals surface area contributed by atoms with Crippen LogP contribution in [0.1, 0.15) is 47.7 Å². The fraction of sp³-hybridized carbons (Fsp3) is 0.200. The normalized spacial score (nSPS) is 9.42. The number of carbonyl (C=O) groups excluding carboxylic acids is 1. The lowest BCUT2D eigenvalue weighted by Crippen LogP contribution is -1.78. The molecule has 5 aromatic rings. The first-order valence-corrected chi connectivity index (χ1v) is 16.6. The third kappa shape index (κ3) is 18.5. The lowest BCUT2D eigenvalue weighted by molar-refractivity contribution is 0.112. The smallest absolute Gasteiger partial charge is 0.150 e. The number of hydrogen-bond acceptors (Lipinski definition) is 10. The summed E-state index contributed by atoms with van der Waals surface area (Å²) < 4.78 is 0.910. The molecule has 6 N–H and O–H groups in total. The zero-order valence-electron chi connectivity index (χ0n) is 25.0. The van der Waals surface area contributed by atoms with Crippen LogP contribution in [0.5, 0.6) is 17.2 Å². The average Bonchev–Trinajstić information content (AvgIpc) is 3.52. The molecule has 0 unspecified atom stereocenters. The van der Waals surface area contributed by atoms with Crippen LogP contribution in [0.2, 0.25) is 0 Å². The minimum absolute atomic E-state index is 0.0281. The molecule has 4 aromatic carbocycles. The van der Waals surface area contributed by atoms with Crippen LogP contribution in [0.3, 0.4) is 0 Å². The van der Waals surface area contributed by atoms with Crippen LogP contribution < -0.4 is 0 Å². The molecule has 0 saturated carbocycles. The van der Waals surface area contributed by atoms with Gasteiger partial charge >= 0.3 is 0 Å². The van der Waals surface area contributed by atoms with Gasteiger partial charge < -0.3 is 30.6 Å². The summed E-state index contributed by atoms with van der Waals surface area (Å²) in [4.78, 5) is 11.2. The summed E-state index contributed by atoms with van der Waals surface area (Å²) in [6.45, 7) is 2.64. The highest BCUT2D eigenvalue weighted by Crippen LogP contribution is 2.30. The van der Waals surface area contributed by atoms with E-state index in [9.17, 15) is 4.79 Å². The lowest BCUT2D eigenvalue weighted by Gasteiger charge is -1.95. The second-order valence-electron chi connectivity index (χ2n) is 9.15. The Balaban J connectivity index is 0.000000288. The van der Waals surface area contributed by atoms with Gasteiger partial charge in [-0.15, -0.1) is 0 Å². The van der Waals surface area contributed by atoms with Crippen molar-refractivity contribution in [1.82, 2.24) is 0 Å². The number of benzene rings is 4. The molecule has 5 rings (SSSR count). The first kappa shape index (κ1) is 39.1. The van der Waals surface area contributed by atoms with E-state index in [1.807, 2.05) is 48.5 Å². The van der Waals surface area contributed by atoms with Gasteiger partial charge in [0.05, 0.1) is 13.2 Å². The predicted molar refractivity (Wildman–Crippen MR) is 187 cm³/mol. The summed E-state index contributed by atoms with van der Waals surface area (Å²) >= 11 is 5.04. The minimum Gasteiger partial charge on any atom is -0.508 e. The fourth-order valence-corrected chi connectivity index (χ4v) is 5.50. The molecule has 0 atom stereocenters. The number of phenolic OH excluding ortho intramolecular Hbond substituents is 3. The Kier molecular flexibility index (Phi) is 21.2. The van der Waals surface area contributed by atoms with E-state index in [2.05, 4.69) is 6.92 Å². The van der Waals surface area contributed by atoms with Crippen molar-refractivity contribution in [3.8, 4) is 27.7 Å². The van der Waals surface area contributed by atoms with Crippen LogP contribution in [0.15, 0.2) is 109 Å². The summed E-state index contributed by atoms with van der Waals surface area (Å²) in [7, 11) is 3.26. The van der Waals surface area contributed by atoms with Gasteiger partial charge in [-0.3, -0.25) is 4.79 Å². The monoisotopic (exact) mass is 668 g/mol. The number of aliphatic hydroxyl groups is 3. The number of phenols is 3. The van der Waals surface area contributed by atoms with E-state index >= 15 is 0 Å². The van der Waals surface area contributed by atoms with Gasteiger partial charge in [0.2, 0.25) is 0 Å². The van der Waals surface area contributed by atoms with Gasteiger partial charge in [0, 0.05) is 17.0 Å². The molecule has 0 spiro atoms. The van der Waals surface area contributed by atoms with Crippen molar-refractivity contribution in [2.45, 2.75) is 39.4 Å². The van der Waals surface area contributed by atoms with Crippen molar-refractivity contribution in [3.05, 3.63) is 130 Å². The van der Waals surface area contributed by atoms with Crippen LogP contribution in [0, 0.1) is 3.82 Å². The van der Waals surface area contributed by atoms with Crippen molar-refractivity contribution in [1.29, 1.82) is 0 Å². The Morgan fingerprint density at radius 3 is 1.51 bits per heavy atom. The van der Waals surface area contributed by atoms with E-state index in [1.165, 1.54) is 18.6 Å². The molecule has 0 bridgehead atoms. The van der Waals surface area contributed by atoms with E-state index < -0.39 is 0 Å². The molecule has 0 aliphatic carbocycles. The van der Waals surface area contributed by atoms with Crippen LogP contribution in [0.4, 0.5) is 0 Å². The Hall–Kier alpha value is -3.90. The van der Waals surface area contributed by atoms with Crippen molar-refractivity contribution >= 4 is 39.2 Å². The number of aldehydes is 1. The number of aromatic hydroxyl groups is 3. The largest absolute Gasteiger partial charge is 0.508 e. The molecule has 0 aliphatic rings. The molecule has 0 fully saturated rings. The maximum Gasteiger partial charge on any atom is 0.150 e. The maximum absolute atomic E-state index is 10.0. The number of aliphatic hydroxyl groups excluding tert-OH is 3. The summed E-state index contributed by atoms with van der Waals surface area (Å²) in [6, 6.07) is 31.2. The fourth-order valence-electron chi connectivity index (χ4n) is 3.10. The molecule has 1 heterocycles. The highest BCUT2D eigenvalue weighted by atomic mass is 32.9. The zero-order valence-corrected chi connectivity index (χ0v) is 27.5. The molecule has 1 aromatic heterocycles. The number of unbranched alkanes of at least 4 members (excludes halogenated alkanes) is 2. The van der Waals surface area contributed by atoms with Gasteiger partial charge in [0.1, 0.15) is 27.4 Å². The molecule has 0 saturated heterocycles. The molecular formula is C35H40O7S3. The van der Waals surface area contributed by atoms with Gasteiger partial charge in [0.25, 0.3) is 0 Å². The summed E-state index contributed by atoms with van der Waals surface area (Å²) in [6.07, 6.45) is 4.06. The molecule has 240 valence electrons. The van der Waals surface area contributed by atoms with E-state index in [0.717, 1.165) is 44.5 Å². The molecule has 45 heavy (non-hydrogen) atoms. The quantitative estimate of drug-likeness (QED) is 0.0440. The topological polar surface area (TPSA) is 138 Å². The Morgan fingerprint density at radius 2 is 1.13 bits per heavy atom. The maximum atomic E-state index is 10.0. The average molecular weight is 669 g/mol. The SMILES string of the molecule is CCCCCO.O=Cc1ccc(O)cc1.OCc1ccc(O)cc1.OCc1ccccc1.Oc1ccc(-c2cc(=S)ss2)cc1. The van der Waals surface area contributed by atoms with Crippen molar-refractivity contribution < 1.29 is 35.4 Å². The highest BCUT2D eigenvalue weighted by Gasteiger charge is 1.99. The van der Waals surface area contributed by atoms with Gasteiger partial charge in [-0.25, -0.2) is 0 Å². The molecule has 0 amide bonds. The van der Waals surface area contributed by atoms with Crippen molar-refractivity contribution in [3.63, 3.8) is 0 Å². The van der Waals surface area contributed by atoms with Crippen LogP contribution in [-0.2, 0) is 13.2 Å². The van der Waals surface area contributed by atoms with Gasteiger partial charge in [-0.2, -0.15) is 0 Å². The first-order chi connectivity index (χ1) is 21.8. The second-order valence-corrected chi connectivity index (χ2v) is 12.1. The van der Waals surface area contributed by atoms with E-state index in [0.29, 0.717) is 17.9 Å². The van der Waals surface area contributed by atoms with E-state index in [4.69, 9.17) is 42.9 Å². The van der Waals surface area contributed by atoms with E-state index in [-0.39, 0.29) is 24.7 Å². The standard InChI is InChI=1S/C9H6OS3.C7H8O2.C7H6O2.C7H8O.C5H12O/c10-7-3-1-6(2-4-7)8-5-9(11)13-12-8;2*8-5-6-1-3-7(9)4-2-6;8-6-7-4-2-1-3-5-7;1-2-3-4-5-6/h1-5,10H;1-4,8-9H,5H2;1-5,9H;1-5,8H,6H2;6H,2-5H2,1H3. The second kappa shape index (κ2) is 24.4. The molecule has 10 heteroatoms. The third-order valence-corrected chi connectivity index (χ3v) is 8.46.